The minimum atomic E-state index is 1.01. The van der Waals surface area contributed by atoms with Gasteiger partial charge in [-0.05, 0) is 16.7 Å². The molecule has 0 amide bonds. The summed E-state index contributed by atoms with van der Waals surface area (Å²) in [6.07, 6.45) is 5.75. The first kappa shape index (κ1) is 10.1. The second-order valence-electron chi connectivity index (χ2n) is 3.99. The van der Waals surface area contributed by atoms with E-state index in [1.165, 1.54) is 5.56 Å². The average molecular weight is 223 g/mol. The third-order valence-electron chi connectivity index (χ3n) is 2.85. The van der Waals surface area contributed by atoms with E-state index >= 15 is 0 Å². The quantitative estimate of drug-likeness (QED) is 0.758. The molecule has 1 radical (unpaired) electrons. The van der Waals surface area contributed by atoms with Crippen LogP contribution in [0.4, 0.5) is 5.82 Å². The van der Waals surface area contributed by atoms with E-state index in [4.69, 9.17) is 0 Å². The van der Waals surface area contributed by atoms with Crippen LogP contribution in [0, 0.1) is 0 Å². The largest absolute Gasteiger partial charge is 0.310 e. The average Bonchev–Trinajstić information content (AvgIpc) is 2.98. The van der Waals surface area contributed by atoms with Crippen LogP contribution in [0.15, 0.2) is 59.5 Å². The number of benzene rings is 1. The summed E-state index contributed by atoms with van der Waals surface area (Å²) in [6, 6.07) is 12.4. The Morgan fingerprint density at radius 2 is 1.94 bits per heavy atom. The van der Waals surface area contributed by atoms with Gasteiger partial charge in [-0.3, -0.25) is 0 Å². The SMILES string of the molecule is CC1=CC=N[N+]1c1[nH]ccc1-c1ccccc1. The van der Waals surface area contributed by atoms with Crippen LogP contribution < -0.4 is 5.01 Å². The number of aromatic amines is 1. The van der Waals surface area contributed by atoms with Crippen molar-refractivity contribution < 1.29 is 0 Å². The molecule has 3 nitrogen and oxygen atoms in total. The minimum Gasteiger partial charge on any atom is -0.310 e. The Balaban J connectivity index is 2.06. The lowest BCUT2D eigenvalue weighted by Gasteiger charge is -2.02. The number of anilines is 1. The third-order valence-corrected chi connectivity index (χ3v) is 2.85. The molecule has 83 valence electrons. The normalized spacial score (nSPS) is 15.2. The maximum atomic E-state index is 4.33. The van der Waals surface area contributed by atoms with Gasteiger partial charge in [-0.25, -0.2) is 0 Å². The number of rotatable bonds is 2. The van der Waals surface area contributed by atoms with E-state index < -0.39 is 0 Å². The lowest BCUT2D eigenvalue weighted by atomic mass is 10.1. The first-order valence-electron chi connectivity index (χ1n) is 5.60. The Labute approximate surface area is 100 Å². The predicted molar refractivity (Wildman–Crippen MR) is 70.3 cm³/mol. The molecule has 0 saturated carbocycles. The van der Waals surface area contributed by atoms with E-state index in [2.05, 4.69) is 28.3 Å². The molecule has 0 atom stereocenters. The van der Waals surface area contributed by atoms with Crippen LogP contribution in [0.1, 0.15) is 6.92 Å². The molecule has 3 rings (SSSR count). The smallest absolute Gasteiger partial charge is 0.298 e. The second-order valence-corrected chi connectivity index (χ2v) is 3.99. The Morgan fingerprint density at radius 3 is 2.65 bits per heavy atom. The fourth-order valence-corrected chi connectivity index (χ4v) is 1.99. The zero-order valence-electron chi connectivity index (χ0n) is 9.59. The minimum absolute atomic E-state index is 1.01. The molecule has 0 fully saturated rings. The maximum Gasteiger partial charge on any atom is 0.298 e. The molecule has 1 aliphatic heterocycles. The van der Waals surface area contributed by atoms with E-state index in [0.29, 0.717) is 0 Å². The predicted octanol–water partition coefficient (Wildman–Crippen LogP) is 3.36. The Bertz CT molecular complexity index is 579. The summed E-state index contributed by atoms with van der Waals surface area (Å²) < 4.78 is 0. The number of aromatic nitrogens is 1. The highest BCUT2D eigenvalue weighted by Gasteiger charge is 2.29. The van der Waals surface area contributed by atoms with Gasteiger partial charge in [0.15, 0.2) is 5.70 Å². The van der Waals surface area contributed by atoms with E-state index in [-0.39, 0.29) is 0 Å². The van der Waals surface area contributed by atoms with Gasteiger partial charge in [0.05, 0.1) is 16.8 Å². The van der Waals surface area contributed by atoms with Crippen molar-refractivity contribution in [3.63, 3.8) is 0 Å². The lowest BCUT2D eigenvalue weighted by molar-refractivity contribution is 0.683. The van der Waals surface area contributed by atoms with Crippen molar-refractivity contribution in [2.24, 2.45) is 5.10 Å². The van der Waals surface area contributed by atoms with Crippen LogP contribution >= 0.6 is 0 Å². The molecule has 3 heteroatoms. The van der Waals surface area contributed by atoms with E-state index in [1.807, 2.05) is 48.6 Å². The standard InChI is InChI=1S/C14H13N3/c1-11-7-10-16-17(11)14-13(8-9-15-14)12-5-3-2-4-6-12/h2-10,15H,1H3/q+1. The highest BCUT2D eigenvalue weighted by Crippen LogP contribution is 2.32. The van der Waals surface area contributed by atoms with Crippen LogP contribution in [0.3, 0.4) is 0 Å². The maximum absolute atomic E-state index is 4.33. The number of hydrazone groups is 1. The van der Waals surface area contributed by atoms with Gasteiger partial charge in [-0.15, -0.1) is 0 Å². The van der Waals surface area contributed by atoms with Gasteiger partial charge in [0, 0.05) is 19.2 Å². The van der Waals surface area contributed by atoms with Gasteiger partial charge < -0.3 is 4.98 Å². The number of allylic oxidation sites excluding steroid dienone is 2. The Morgan fingerprint density at radius 1 is 1.12 bits per heavy atom. The molecule has 2 heterocycles. The van der Waals surface area contributed by atoms with E-state index in [9.17, 15) is 0 Å². The van der Waals surface area contributed by atoms with Gasteiger partial charge in [0.2, 0.25) is 0 Å². The molecule has 17 heavy (non-hydrogen) atoms. The summed E-state index contributed by atoms with van der Waals surface area (Å²) in [6.45, 7) is 2.04. The molecule has 1 N–H and O–H groups in total. The number of hydrogen-bond acceptors (Lipinski definition) is 2. The zero-order valence-corrected chi connectivity index (χ0v) is 9.59. The summed E-state index contributed by atoms with van der Waals surface area (Å²) in [5, 5.41) is 6.25. The van der Waals surface area contributed by atoms with Crippen molar-refractivity contribution in [2.45, 2.75) is 6.92 Å². The molecule has 1 aromatic heterocycles. The number of hydrogen-bond donors (Lipinski definition) is 1. The summed E-state index contributed by atoms with van der Waals surface area (Å²) in [5.74, 6) is 1.01. The topological polar surface area (TPSA) is 34.0 Å². The molecule has 2 aromatic rings. The molecule has 0 spiro atoms. The monoisotopic (exact) mass is 223 g/mol. The molecule has 1 aliphatic rings. The summed E-state index contributed by atoms with van der Waals surface area (Å²) in [7, 11) is 0. The highest BCUT2D eigenvalue weighted by molar-refractivity contribution is 5.80. The summed E-state index contributed by atoms with van der Waals surface area (Å²) >= 11 is 0. The van der Waals surface area contributed by atoms with Crippen molar-refractivity contribution in [1.29, 1.82) is 0 Å². The van der Waals surface area contributed by atoms with Crippen molar-refractivity contribution >= 4 is 12.0 Å². The van der Waals surface area contributed by atoms with Gasteiger partial charge >= 0.3 is 0 Å². The number of nitrogens with zero attached hydrogens (tertiary/aromatic N) is 2. The Kier molecular flexibility index (Phi) is 2.38. The van der Waals surface area contributed by atoms with Gasteiger partial charge in [0.1, 0.15) is 0 Å². The van der Waals surface area contributed by atoms with Crippen molar-refractivity contribution in [3.8, 4) is 11.1 Å². The second kappa shape index (κ2) is 4.03. The highest BCUT2D eigenvalue weighted by atomic mass is 15.5. The number of H-pyrrole nitrogens is 1. The molecule has 0 aliphatic carbocycles. The van der Waals surface area contributed by atoms with Crippen LogP contribution in [0.25, 0.3) is 11.1 Å². The van der Waals surface area contributed by atoms with Gasteiger partial charge in [-0.1, -0.05) is 30.3 Å². The Hall–Kier alpha value is -2.13. The molecular weight excluding hydrogens is 210 g/mol. The van der Waals surface area contributed by atoms with Crippen LogP contribution in [-0.4, -0.2) is 11.2 Å². The fraction of sp³-hybridized carbons (Fsp3) is 0.0714. The molecule has 0 saturated heterocycles. The molecule has 0 bridgehead atoms. The van der Waals surface area contributed by atoms with Gasteiger partial charge in [0.25, 0.3) is 5.82 Å². The first-order chi connectivity index (χ1) is 8.36. The molecule has 0 unspecified atom stereocenters. The third kappa shape index (κ3) is 1.70. The van der Waals surface area contributed by atoms with Crippen molar-refractivity contribution in [1.82, 2.24) is 9.99 Å². The van der Waals surface area contributed by atoms with Crippen molar-refractivity contribution in [2.75, 3.05) is 0 Å². The zero-order chi connectivity index (χ0) is 11.7. The van der Waals surface area contributed by atoms with Crippen LogP contribution in [0.5, 0.6) is 0 Å². The van der Waals surface area contributed by atoms with Gasteiger partial charge in [-0.2, -0.15) is 0 Å². The fourth-order valence-electron chi connectivity index (χ4n) is 1.99. The summed E-state index contributed by atoms with van der Waals surface area (Å²) in [5.41, 5.74) is 3.47. The number of nitrogens with one attached hydrogen (secondary N) is 1. The first-order valence-corrected chi connectivity index (χ1v) is 5.60. The van der Waals surface area contributed by atoms with Crippen LogP contribution in [-0.2, 0) is 0 Å². The molecule has 1 aromatic carbocycles. The van der Waals surface area contributed by atoms with Crippen molar-refractivity contribution in [3.05, 3.63) is 54.4 Å². The summed E-state index contributed by atoms with van der Waals surface area (Å²) in [4.78, 5) is 3.25. The van der Waals surface area contributed by atoms with E-state index in [0.717, 1.165) is 17.1 Å². The van der Waals surface area contributed by atoms with Crippen LogP contribution in [0.2, 0.25) is 0 Å². The van der Waals surface area contributed by atoms with E-state index in [1.54, 1.807) is 0 Å². The molecular formula is C14H13N3+. The lowest BCUT2D eigenvalue weighted by Crippen LogP contribution is -2.12.